The molecule has 128 valence electrons. The third-order valence-electron chi connectivity index (χ3n) is 4.10. The van der Waals surface area contributed by atoms with Crippen molar-refractivity contribution in [3.8, 4) is 11.1 Å². The van der Waals surface area contributed by atoms with Crippen molar-refractivity contribution < 1.29 is 13.5 Å². The third kappa shape index (κ3) is 3.61. The van der Waals surface area contributed by atoms with Crippen LogP contribution >= 0.6 is 0 Å². The Morgan fingerprint density at radius 2 is 1.42 bits per heavy atom. The van der Waals surface area contributed by atoms with Crippen molar-refractivity contribution in [3.05, 3.63) is 78.6 Å². The van der Waals surface area contributed by atoms with E-state index in [-0.39, 0.29) is 15.1 Å². The van der Waals surface area contributed by atoms with E-state index < -0.39 is 0 Å². The van der Waals surface area contributed by atoms with Crippen LogP contribution in [-0.4, -0.2) is 31.3 Å². The molecule has 7 heteroatoms. The van der Waals surface area contributed by atoms with Gasteiger partial charge in [-0.25, -0.2) is 9.37 Å². The Labute approximate surface area is 156 Å². The summed E-state index contributed by atoms with van der Waals surface area (Å²) in [5.74, 6) is -0.221. The molecule has 0 unspecified atom stereocenters. The number of nitrogens with zero attached hydrogens (tertiary/aromatic N) is 1. The fraction of sp³-hybridized carbons (Fsp3) is 0. The summed E-state index contributed by atoms with van der Waals surface area (Å²) in [6, 6.07) is 22.8. The van der Waals surface area contributed by atoms with Crippen LogP contribution in [0.15, 0.2) is 72.8 Å². The van der Waals surface area contributed by atoms with Gasteiger partial charge in [0.05, 0.1) is 11.0 Å². The summed E-state index contributed by atoms with van der Waals surface area (Å²) in [5.41, 5.74) is 4.02. The van der Waals surface area contributed by atoms with E-state index in [1.54, 1.807) is 0 Å². The first-order valence-electron chi connectivity index (χ1n) is 8.29. The van der Waals surface area contributed by atoms with Gasteiger partial charge in [0, 0.05) is 24.5 Å². The van der Waals surface area contributed by atoms with Crippen LogP contribution in [0.1, 0.15) is 0 Å². The van der Waals surface area contributed by atoms with E-state index in [1.807, 2.05) is 48.5 Å². The minimum Gasteiger partial charge on any atom is -0.432 e. The molecule has 0 fully saturated rings. The number of rotatable bonds is 1. The Balaban J connectivity index is 0.000000292. The number of fused-ring (bicyclic) bond motifs is 2. The van der Waals surface area contributed by atoms with Crippen LogP contribution in [0.5, 0.6) is 0 Å². The number of halogens is 1. The Morgan fingerprint density at radius 3 is 1.92 bits per heavy atom. The lowest BCUT2D eigenvalue weighted by molar-refractivity contribution is -0.0861. The van der Waals surface area contributed by atoms with E-state index in [4.69, 9.17) is 4.98 Å². The highest BCUT2D eigenvalue weighted by molar-refractivity contribution is 7.08. The number of pyridine rings is 1. The van der Waals surface area contributed by atoms with Crippen LogP contribution in [0.3, 0.4) is 0 Å². The molecule has 1 aliphatic heterocycles. The Bertz CT molecular complexity index is 1030. The second-order valence-electron chi connectivity index (χ2n) is 5.78. The molecular weight excluding hydrogens is 377 g/mol. The summed E-state index contributed by atoms with van der Waals surface area (Å²) < 4.78 is 22.5. The third-order valence-corrected chi connectivity index (χ3v) is 10.6. The van der Waals surface area contributed by atoms with Gasteiger partial charge in [0.2, 0.25) is 18.1 Å². The van der Waals surface area contributed by atoms with Crippen molar-refractivity contribution in [2.24, 2.45) is 0 Å². The van der Waals surface area contributed by atoms with Crippen LogP contribution < -0.4 is 0 Å². The lowest BCUT2D eigenvalue weighted by atomic mass is 9.96. The highest BCUT2D eigenvalue weighted by Gasteiger charge is 2.10. The van der Waals surface area contributed by atoms with Crippen LogP contribution in [-0.2, 0) is 9.15 Å². The van der Waals surface area contributed by atoms with E-state index in [0.29, 0.717) is 17.0 Å². The molecular formula is C19H16FNO2Si3. The first-order chi connectivity index (χ1) is 12.8. The van der Waals surface area contributed by atoms with Crippen molar-refractivity contribution in [2.45, 2.75) is 0 Å². The van der Waals surface area contributed by atoms with Gasteiger partial charge in [-0.15, -0.1) is 0 Å². The molecule has 0 atom stereocenters. The molecule has 0 aliphatic carbocycles. The Kier molecular flexibility index (Phi) is 5.21. The average molecular weight is 394 g/mol. The molecule has 1 aromatic heterocycles. The number of benzene rings is 3. The van der Waals surface area contributed by atoms with Crippen molar-refractivity contribution in [1.82, 2.24) is 4.98 Å². The van der Waals surface area contributed by atoms with Crippen LogP contribution in [0.4, 0.5) is 4.39 Å². The Hall–Kier alpha value is -2.33. The fourth-order valence-corrected chi connectivity index (χ4v) is 8.07. The molecule has 0 saturated heterocycles. The summed E-state index contributed by atoms with van der Waals surface area (Å²) in [4.78, 5) is 4.71. The molecule has 2 heterocycles. The van der Waals surface area contributed by atoms with Gasteiger partial charge in [-0.1, -0.05) is 48.5 Å². The summed E-state index contributed by atoms with van der Waals surface area (Å²) in [6.45, 7) is 0. The van der Waals surface area contributed by atoms with Gasteiger partial charge >= 0.3 is 0 Å². The lowest BCUT2D eigenvalue weighted by Gasteiger charge is -2.11. The number of hydrogen-bond donors (Lipinski definition) is 0. The molecule has 0 radical (unpaired) electrons. The van der Waals surface area contributed by atoms with E-state index in [1.165, 1.54) is 12.1 Å². The molecule has 0 N–H and O–H groups in total. The molecule has 0 spiro atoms. The van der Waals surface area contributed by atoms with E-state index in [2.05, 4.69) is 21.3 Å². The molecule has 0 bridgehead atoms. The maximum atomic E-state index is 13.2. The first kappa shape index (κ1) is 17.1. The van der Waals surface area contributed by atoms with Crippen molar-refractivity contribution >= 4 is 48.1 Å². The summed E-state index contributed by atoms with van der Waals surface area (Å²) >= 11 is 0. The zero-order chi connectivity index (χ0) is 17.8. The SMILES string of the molecule is Fc1ccc(-c2c3ccccc3nc3ccccc23)cc1.O1O[SiH2][SiH]=[SiH]1. The van der Waals surface area contributed by atoms with Crippen LogP contribution in [0.25, 0.3) is 32.9 Å². The maximum Gasteiger partial charge on any atom is 0.236 e. The molecule has 0 amide bonds. The van der Waals surface area contributed by atoms with Crippen molar-refractivity contribution in [1.29, 1.82) is 0 Å². The average Bonchev–Trinajstić information content (AvgIpc) is 3.27. The van der Waals surface area contributed by atoms with Gasteiger partial charge in [-0.2, -0.15) is 0 Å². The summed E-state index contributed by atoms with van der Waals surface area (Å²) in [5, 5.41) is 2.17. The van der Waals surface area contributed by atoms with E-state index >= 15 is 0 Å². The zero-order valence-electron chi connectivity index (χ0n) is 13.9. The second-order valence-corrected chi connectivity index (χ2v) is 14.8. The highest BCUT2D eigenvalue weighted by atomic mass is 29.4. The largest absolute Gasteiger partial charge is 0.432 e. The van der Waals surface area contributed by atoms with Crippen molar-refractivity contribution in [3.63, 3.8) is 0 Å². The topological polar surface area (TPSA) is 31.4 Å². The monoisotopic (exact) mass is 393 g/mol. The number of para-hydroxylation sites is 2. The maximum absolute atomic E-state index is 13.2. The first-order valence-corrected chi connectivity index (χ1v) is 15.3. The van der Waals surface area contributed by atoms with Gasteiger partial charge < -0.3 is 4.58 Å². The summed E-state index contributed by atoms with van der Waals surface area (Å²) in [6.07, 6.45) is 0. The highest BCUT2D eigenvalue weighted by Crippen LogP contribution is 2.34. The summed E-state index contributed by atoms with van der Waals surface area (Å²) in [7, 11) is 0.994. The zero-order valence-corrected chi connectivity index (χ0v) is 17.7. The standard InChI is InChI=1S/C19H12FN.H4O2Si3/c20-14-11-9-13(10-12-14)19-15-5-1-3-7-17(15)21-18-8-4-2-6-16(18)19;1-2-4-5-3-1/h1-12H;3,5H,4H2. The van der Waals surface area contributed by atoms with Gasteiger partial charge in [0.15, 0.2) is 0 Å². The van der Waals surface area contributed by atoms with Gasteiger partial charge in [0.25, 0.3) is 0 Å². The van der Waals surface area contributed by atoms with Crippen LogP contribution in [0, 0.1) is 5.82 Å². The molecule has 1 aliphatic rings. The molecule has 26 heavy (non-hydrogen) atoms. The molecule has 3 nitrogen and oxygen atoms in total. The normalized spacial score (nSPS) is 13.6. The molecule has 4 aromatic rings. The predicted octanol–water partition coefficient (Wildman–Crippen LogP) is 2.84. The second kappa shape index (κ2) is 7.92. The smallest absolute Gasteiger partial charge is 0.236 e. The van der Waals surface area contributed by atoms with Gasteiger partial charge in [-0.3, -0.25) is 4.58 Å². The lowest BCUT2D eigenvalue weighted by Crippen LogP contribution is -1.89. The fourth-order valence-electron chi connectivity index (χ4n) is 2.96. The quantitative estimate of drug-likeness (QED) is 0.283. The number of aromatic nitrogens is 1. The molecule has 0 saturated carbocycles. The van der Waals surface area contributed by atoms with E-state index in [9.17, 15) is 4.39 Å². The molecule has 5 rings (SSSR count). The minimum absolute atomic E-state index is 0.0586. The van der Waals surface area contributed by atoms with Crippen LogP contribution in [0.2, 0.25) is 0 Å². The number of hydrogen-bond acceptors (Lipinski definition) is 3. The predicted molar refractivity (Wildman–Crippen MR) is 110 cm³/mol. The van der Waals surface area contributed by atoms with Gasteiger partial charge in [0.1, 0.15) is 5.82 Å². The minimum atomic E-state index is -0.221. The van der Waals surface area contributed by atoms with Gasteiger partial charge in [-0.05, 0) is 29.8 Å². The molecule has 3 aromatic carbocycles. The Morgan fingerprint density at radius 1 is 0.808 bits per heavy atom. The van der Waals surface area contributed by atoms with E-state index in [0.717, 1.165) is 32.9 Å². The van der Waals surface area contributed by atoms with Crippen molar-refractivity contribution in [2.75, 3.05) is 0 Å².